The number of hydrogen-bond donors (Lipinski definition) is 1. The minimum absolute atomic E-state index is 0.124. The molecule has 2 N–H and O–H groups in total. The van der Waals surface area contributed by atoms with Gasteiger partial charge in [0.2, 0.25) is 0 Å². The van der Waals surface area contributed by atoms with Gasteiger partial charge in [0.15, 0.2) is 5.82 Å². The van der Waals surface area contributed by atoms with Crippen LogP contribution in [0.3, 0.4) is 0 Å². The molecule has 4 fully saturated rings. The summed E-state index contributed by atoms with van der Waals surface area (Å²) in [4.78, 5) is 9.17. The van der Waals surface area contributed by atoms with E-state index in [1.54, 1.807) is 0 Å². The zero-order valence-electron chi connectivity index (χ0n) is 12.3. The van der Waals surface area contributed by atoms with E-state index in [0.29, 0.717) is 16.7 Å². The summed E-state index contributed by atoms with van der Waals surface area (Å²) in [6.07, 6.45) is 7.74. The Morgan fingerprint density at radius 1 is 1.20 bits per heavy atom. The van der Waals surface area contributed by atoms with Crippen molar-refractivity contribution >= 4 is 0 Å². The molecule has 0 aromatic carbocycles. The van der Waals surface area contributed by atoms with E-state index in [1.807, 2.05) is 0 Å². The Morgan fingerprint density at radius 3 is 2.50 bits per heavy atom. The van der Waals surface area contributed by atoms with Crippen molar-refractivity contribution in [3.8, 4) is 0 Å². The van der Waals surface area contributed by atoms with Crippen LogP contribution in [0.4, 0.5) is 0 Å². The number of rotatable bonds is 3. The first-order chi connectivity index (χ1) is 9.44. The predicted octanol–water partition coefficient (Wildman–Crippen LogP) is 2.71. The molecule has 0 radical (unpaired) electrons. The lowest BCUT2D eigenvalue weighted by molar-refractivity contribution is -0.113. The molecular weight excluding hydrogens is 254 g/mol. The standard InChI is InChI=1S/C15H23N3O2/c1-13-3-10-4-14(2,7-13)9-15(5-10,8-13)12-17-11(6-19-16)20-18-12/h10H,3-9,16H2,1-2H3. The maximum atomic E-state index is 5.29. The van der Waals surface area contributed by atoms with Gasteiger partial charge in [0.05, 0.1) is 0 Å². The van der Waals surface area contributed by atoms with Crippen LogP contribution in [0.1, 0.15) is 64.1 Å². The quantitative estimate of drug-likeness (QED) is 0.860. The molecule has 2 unspecified atom stereocenters. The fraction of sp³-hybridized carbons (Fsp3) is 0.867. The van der Waals surface area contributed by atoms with Crippen LogP contribution in [0.5, 0.6) is 0 Å². The molecule has 1 aromatic rings. The van der Waals surface area contributed by atoms with Crippen LogP contribution in [0.25, 0.3) is 0 Å². The van der Waals surface area contributed by atoms with Gasteiger partial charge in [0.25, 0.3) is 5.89 Å². The summed E-state index contributed by atoms with van der Waals surface area (Å²) < 4.78 is 5.29. The lowest BCUT2D eigenvalue weighted by Crippen LogP contribution is -2.57. The zero-order valence-corrected chi connectivity index (χ0v) is 12.3. The molecular formula is C15H23N3O2. The second-order valence-electron chi connectivity index (χ2n) is 8.23. The molecule has 4 bridgehead atoms. The topological polar surface area (TPSA) is 74.2 Å². The highest BCUT2D eigenvalue weighted by Gasteiger charge is 2.62. The highest BCUT2D eigenvalue weighted by molar-refractivity contribution is 5.21. The van der Waals surface area contributed by atoms with Gasteiger partial charge in [-0.1, -0.05) is 19.0 Å². The van der Waals surface area contributed by atoms with Crippen LogP contribution in [0, 0.1) is 16.7 Å². The molecule has 5 rings (SSSR count). The second kappa shape index (κ2) is 3.83. The van der Waals surface area contributed by atoms with E-state index < -0.39 is 0 Å². The van der Waals surface area contributed by atoms with Crippen molar-refractivity contribution in [2.45, 2.75) is 64.4 Å². The van der Waals surface area contributed by atoms with Crippen LogP contribution < -0.4 is 5.90 Å². The van der Waals surface area contributed by atoms with Crippen molar-refractivity contribution in [3.05, 3.63) is 11.7 Å². The summed E-state index contributed by atoms with van der Waals surface area (Å²) in [5.74, 6) is 7.31. The molecule has 0 aliphatic heterocycles. The van der Waals surface area contributed by atoms with E-state index in [2.05, 4.69) is 28.8 Å². The van der Waals surface area contributed by atoms with E-state index in [1.165, 1.54) is 38.5 Å². The van der Waals surface area contributed by atoms with E-state index in [-0.39, 0.29) is 12.0 Å². The minimum Gasteiger partial charge on any atom is -0.337 e. The minimum atomic E-state index is 0.124. The fourth-order valence-corrected chi connectivity index (χ4v) is 6.30. The average molecular weight is 277 g/mol. The van der Waals surface area contributed by atoms with Gasteiger partial charge < -0.3 is 4.52 Å². The summed E-state index contributed by atoms with van der Waals surface area (Å²) in [5, 5.41) is 4.27. The molecule has 2 atom stereocenters. The number of nitrogens with zero attached hydrogens (tertiary/aromatic N) is 2. The van der Waals surface area contributed by atoms with E-state index >= 15 is 0 Å². The molecule has 1 heterocycles. The summed E-state index contributed by atoms with van der Waals surface area (Å²) >= 11 is 0. The highest BCUT2D eigenvalue weighted by Crippen LogP contribution is 2.69. The Bertz CT molecular complexity index is 523. The first kappa shape index (κ1) is 12.8. The van der Waals surface area contributed by atoms with Gasteiger partial charge >= 0.3 is 0 Å². The first-order valence-electron chi connectivity index (χ1n) is 7.59. The maximum absolute atomic E-state index is 5.29. The van der Waals surface area contributed by atoms with Gasteiger partial charge in [-0.25, -0.2) is 5.90 Å². The summed E-state index contributed by atoms with van der Waals surface area (Å²) in [5.41, 5.74) is 1.04. The molecule has 0 spiro atoms. The molecule has 4 saturated carbocycles. The van der Waals surface area contributed by atoms with Crippen molar-refractivity contribution in [1.29, 1.82) is 0 Å². The van der Waals surface area contributed by atoms with Gasteiger partial charge in [0, 0.05) is 5.41 Å². The van der Waals surface area contributed by atoms with Crippen LogP contribution in [0.2, 0.25) is 0 Å². The third-order valence-corrected chi connectivity index (χ3v) is 5.78. The van der Waals surface area contributed by atoms with Gasteiger partial charge in [-0.15, -0.1) is 0 Å². The predicted molar refractivity (Wildman–Crippen MR) is 72.4 cm³/mol. The summed E-state index contributed by atoms with van der Waals surface area (Å²) in [6, 6.07) is 0. The largest absolute Gasteiger partial charge is 0.337 e. The van der Waals surface area contributed by atoms with Crippen molar-refractivity contribution in [1.82, 2.24) is 10.1 Å². The second-order valence-corrected chi connectivity index (χ2v) is 8.23. The van der Waals surface area contributed by atoms with Crippen LogP contribution >= 0.6 is 0 Å². The van der Waals surface area contributed by atoms with Gasteiger partial charge in [-0.3, -0.25) is 4.84 Å². The molecule has 5 nitrogen and oxygen atoms in total. The Morgan fingerprint density at radius 2 is 1.90 bits per heavy atom. The monoisotopic (exact) mass is 277 g/mol. The molecule has 1 aromatic heterocycles. The highest BCUT2D eigenvalue weighted by atomic mass is 16.6. The number of hydrogen-bond acceptors (Lipinski definition) is 5. The first-order valence-corrected chi connectivity index (χ1v) is 7.59. The average Bonchev–Trinajstić information content (AvgIpc) is 2.73. The van der Waals surface area contributed by atoms with E-state index in [4.69, 9.17) is 10.4 Å². The molecule has 5 heteroatoms. The smallest absolute Gasteiger partial charge is 0.254 e. The van der Waals surface area contributed by atoms with Crippen molar-refractivity contribution in [3.63, 3.8) is 0 Å². The van der Waals surface area contributed by atoms with Crippen LogP contribution in [-0.2, 0) is 16.9 Å². The molecule has 0 amide bonds. The SMILES string of the molecule is CC12CC3CC(C)(C1)CC(c1noc(CON)n1)(C3)C2. The van der Waals surface area contributed by atoms with E-state index in [9.17, 15) is 0 Å². The lowest BCUT2D eigenvalue weighted by Gasteiger charge is -2.64. The fourth-order valence-electron chi connectivity index (χ4n) is 6.30. The normalized spacial score (nSPS) is 46.0. The number of aromatic nitrogens is 2. The summed E-state index contributed by atoms with van der Waals surface area (Å²) in [7, 11) is 0. The van der Waals surface area contributed by atoms with Crippen molar-refractivity contribution < 1.29 is 9.36 Å². The molecule has 4 aliphatic carbocycles. The summed E-state index contributed by atoms with van der Waals surface area (Å²) in [6.45, 7) is 5.10. The van der Waals surface area contributed by atoms with Crippen molar-refractivity contribution in [2.75, 3.05) is 0 Å². The lowest BCUT2D eigenvalue weighted by atomic mass is 9.40. The Kier molecular flexibility index (Phi) is 2.44. The van der Waals surface area contributed by atoms with Crippen LogP contribution in [-0.4, -0.2) is 10.1 Å². The maximum Gasteiger partial charge on any atom is 0.254 e. The van der Waals surface area contributed by atoms with Crippen molar-refractivity contribution in [2.24, 2.45) is 22.6 Å². The number of nitrogens with two attached hydrogens (primary N) is 1. The molecule has 20 heavy (non-hydrogen) atoms. The third kappa shape index (κ3) is 1.76. The Hall–Kier alpha value is -0.940. The van der Waals surface area contributed by atoms with E-state index in [0.717, 1.165) is 11.7 Å². The zero-order chi connectivity index (χ0) is 14.0. The Balaban J connectivity index is 1.72. The van der Waals surface area contributed by atoms with Crippen LogP contribution in [0.15, 0.2) is 4.52 Å². The third-order valence-electron chi connectivity index (χ3n) is 5.78. The van der Waals surface area contributed by atoms with Gasteiger partial charge in [-0.2, -0.15) is 4.98 Å². The molecule has 4 aliphatic rings. The van der Waals surface area contributed by atoms with Gasteiger partial charge in [-0.05, 0) is 55.3 Å². The Labute approximate surface area is 119 Å². The molecule has 0 saturated heterocycles. The van der Waals surface area contributed by atoms with Gasteiger partial charge in [0.1, 0.15) is 6.61 Å². The molecule has 110 valence electrons.